The van der Waals surface area contributed by atoms with Crippen molar-refractivity contribution in [2.75, 3.05) is 13.6 Å². The van der Waals surface area contributed by atoms with Gasteiger partial charge in [-0.1, -0.05) is 33.1 Å². The summed E-state index contributed by atoms with van der Waals surface area (Å²) in [5, 5.41) is 0. The van der Waals surface area contributed by atoms with E-state index in [1.807, 2.05) is 6.92 Å². The molecule has 0 radical (unpaired) electrons. The summed E-state index contributed by atoms with van der Waals surface area (Å²) >= 11 is 0. The Hall–Kier alpha value is -0.740. The SMILES string of the molecule is CCCCC(CC)CN(C)C(=O)CC(F)(F)F. The van der Waals surface area contributed by atoms with E-state index in [9.17, 15) is 18.0 Å². The second-order valence-corrected chi connectivity index (χ2v) is 4.48. The normalized spacial score (nSPS) is 13.5. The molecular weight excluding hydrogens is 231 g/mol. The minimum atomic E-state index is -4.41. The first-order valence-electron chi connectivity index (χ1n) is 6.10. The third kappa shape index (κ3) is 8.05. The molecule has 0 aliphatic heterocycles. The zero-order chi connectivity index (χ0) is 13.5. The molecule has 0 aromatic rings. The first-order valence-corrected chi connectivity index (χ1v) is 6.10. The standard InChI is InChI=1S/C12H22F3NO/c1-4-6-7-10(5-2)9-16(3)11(17)8-12(13,14)15/h10H,4-9H2,1-3H3. The number of halogens is 3. The van der Waals surface area contributed by atoms with Crippen LogP contribution < -0.4 is 0 Å². The van der Waals surface area contributed by atoms with Crippen LogP contribution in [0.1, 0.15) is 46.0 Å². The van der Waals surface area contributed by atoms with Gasteiger partial charge >= 0.3 is 6.18 Å². The Balaban J connectivity index is 4.12. The van der Waals surface area contributed by atoms with Crippen molar-refractivity contribution in [2.24, 2.45) is 5.92 Å². The van der Waals surface area contributed by atoms with E-state index in [4.69, 9.17) is 0 Å². The average molecular weight is 253 g/mol. The molecule has 1 amide bonds. The van der Waals surface area contributed by atoms with Crippen LogP contribution in [0, 0.1) is 5.92 Å². The molecule has 17 heavy (non-hydrogen) atoms. The molecule has 1 unspecified atom stereocenters. The highest BCUT2D eigenvalue weighted by atomic mass is 19.4. The molecule has 0 rings (SSSR count). The minimum absolute atomic E-state index is 0.303. The van der Waals surface area contributed by atoms with Gasteiger partial charge in [-0.2, -0.15) is 13.2 Å². The van der Waals surface area contributed by atoms with E-state index in [1.54, 1.807) is 0 Å². The van der Waals surface area contributed by atoms with E-state index in [0.29, 0.717) is 12.5 Å². The van der Waals surface area contributed by atoms with Crippen molar-refractivity contribution >= 4 is 5.91 Å². The van der Waals surface area contributed by atoms with Gasteiger partial charge < -0.3 is 4.90 Å². The highest BCUT2D eigenvalue weighted by molar-refractivity contribution is 5.76. The molecule has 0 heterocycles. The maximum Gasteiger partial charge on any atom is 0.397 e. The summed E-state index contributed by atoms with van der Waals surface area (Å²) < 4.78 is 36.1. The number of hydrogen-bond donors (Lipinski definition) is 0. The van der Waals surface area contributed by atoms with E-state index in [2.05, 4.69) is 6.92 Å². The lowest BCUT2D eigenvalue weighted by Gasteiger charge is -2.23. The number of carbonyl (C=O) groups excluding carboxylic acids is 1. The summed E-state index contributed by atoms with van der Waals surface area (Å²) in [6.07, 6.45) is -1.78. The molecule has 0 bridgehead atoms. The molecule has 2 nitrogen and oxygen atoms in total. The van der Waals surface area contributed by atoms with Crippen molar-refractivity contribution in [3.8, 4) is 0 Å². The maximum atomic E-state index is 12.0. The van der Waals surface area contributed by atoms with Crippen molar-refractivity contribution in [3.05, 3.63) is 0 Å². The van der Waals surface area contributed by atoms with Gasteiger partial charge in [0.2, 0.25) is 5.91 Å². The highest BCUT2D eigenvalue weighted by Crippen LogP contribution is 2.21. The molecule has 0 aromatic heterocycles. The maximum absolute atomic E-state index is 12.0. The average Bonchev–Trinajstić information content (AvgIpc) is 2.21. The highest BCUT2D eigenvalue weighted by Gasteiger charge is 2.32. The number of amides is 1. The Morgan fingerprint density at radius 3 is 2.29 bits per heavy atom. The Kier molecular flexibility index (Phi) is 7.23. The van der Waals surface area contributed by atoms with Gasteiger partial charge in [0.1, 0.15) is 6.42 Å². The second-order valence-electron chi connectivity index (χ2n) is 4.48. The Morgan fingerprint density at radius 2 is 1.88 bits per heavy atom. The molecule has 1 atom stereocenters. The van der Waals surface area contributed by atoms with Gasteiger partial charge in [-0.25, -0.2) is 0 Å². The largest absolute Gasteiger partial charge is 0.397 e. The minimum Gasteiger partial charge on any atom is -0.345 e. The number of unbranched alkanes of at least 4 members (excludes halogenated alkanes) is 1. The van der Waals surface area contributed by atoms with E-state index >= 15 is 0 Å². The molecule has 0 aliphatic carbocycles. The second kappa shape index (κ2) is 7.56. The van der Waals surface area contributed by atoms with E-state index in [0.717, 1.165) is 25.7 Å². The molecule has 0 saturated heterocycles. The summed E-state index contributed by atoms with van der Waals surface area (Å²) in [6.45, 7) is 4.50. The number of rotatable bonds is 7. The molecule has 0 aromatic carbocycles. The van der Waals surface area contributed by atoms with E-state index < -0.39 is 18.5 Å². The van der Waals surface area contributed by atoms with Crippen molar-refractivity contribution < 1.29 is 18.0 Å². The van der Waals surface area contributed by atoms with Gasteiger partial charge in [0, 0.05) is 13.6 Å². The van der Waals surface area contributed by atoms with E-state index in [1.165, 1.54) is 11.9 Å². The molecule has 102 valence electrons. The van der Waals surface area contributed by atoms with Gasteiger partial charge in [0.15, 0.2) is 0 Å². The van der Waals surface area contributed by atoms with Crippen LogP contribution in [0.3, 0.4) is 0 Å². The predicted octanol–water partition coefficient (Wildman–Crippen LogP) is 3.61. The lowest BCUT2D eigenvalue weighted by atomic mass is 9.99. The van der Waals surface area contributed by atoms with Gasteiger partial charge in [0.25, 0.3) is 0 Å². The molecule has 0 saturated carbocycles. The van der Waals surface area contributed by atoms with Crippen LogP contribution in [-0.4, -0.2) is 30.6 Å². The predicted molar refractivity (Wildman–Crippen MR) is 61.6 cm³/mol. The zero-order valence-corrected chi connectivity index (χ0v) is 10.8. The van der Waals surface area contributed by atoms with Gasteiger partial charge in [-0.15, -0.1) is 0 Å². The van der Waals surface area contributed by atoms with Crippen molar-refractivity contribution in [2.45, 2.75) is 52.1 Å². The van der Waals surface area contributed by atoms with Crippen molar-refractivity contribution in [3.63, 3.8) is 0 Å². The van der Waals surface area contributed by atoms with Crippen LogP contribution >= 0.6 is 0 Å². The summed E-state index contributed by atoms with van der Waals surface area (Å²) in [7, 11) is 1.45. The first kappa shape index (κ1) is 16.3. The third-order valence-electron chi connectivity index (χ3n) is 2.85. The van der Waals surface area contributed by atoms with Crippen LogP contribution in [-0.2, 0) is 4.79 Å². The number of hydrogen-bond acceptors (Lipinski definition) is 1. The fraction of sp³-hybridized carbons (Fsp3) is 0.917. The topological polar surface area (TPSA) is 20.3 Å². The number of alkyl halides is 3. The summed E-state index contributed by atoms with van der Waals surface area (Å²) in [5.74, 6) is -0.537. The number of carbonyl (C=O) groups is 1. The number of nitrogens with zero attached hydrogens (tertiary/aromatic N) is 1. The van der Waals surface area contributed by atoms with Crippen LogP contribution in [0.25, 0.3) is 0 Å². The fourth-order valence-electron chi connectivity index (χ4n) is 1.71. The lowest BCUT2D eigenvalue weighted by molar-refractivity contribution is -0.160. The van der Waals surface area contributed by atoms with Crippen LogP contribution in [0.2, 0.25) is 0 Å². The molecule has 0 fully saturated rings. The Bertz CT molecular complexity index is 228. The molecule has 0 aliphatic rings. The summed E-state index contributed by atoms with van der Waals surface area (Å²) in [6, 6.07) is 0. The van der Waals surface area contributed by atoms with Crippen molar-refractivity contribution in [1.82, 2.24) is 4.90 Å². The van der Waals surface area contributed by atoms with Gasteiger partial charge in [-0.3, -0.25) is 4.79 Å². The molecule has 0 spiro atoms. The Morgan fingerprint density at radius 1 is 1.29 bits per heavy atom. The van der Waals surface area contributed by atoms with Gasteiger partial charge in [0.05, 0.1) is 0 Å². The lowest BCUT2D eigenvalue weighted by Crippen LogP contribution is -2.34. The first-order chi connectivity index (χ1) is 7.80. The third-order valence-corrected chi connectivity index (χ3v) is 2.85. The van der Waals surface area contributed by atoms with Crippen LogP contribution in [0.15, 0.2) is 0 Å². The molecular formula is C12H22F3NO. The molecule has 5 heteroatoms. The summed E-state index contributed by atoms with van der Waals surface area (Å²) in [4.78, 5) is 12.5. The van der Waals surface area contributed by atoms with Crippen molar-refractivity contribution in [1.29, 1.82) is 0 Å². The smallest absolute Gasteiger partial charge is 0.345 e. The summed E-state index contributed by atoms with van der Waals surface area (Å²) in [5.41, 5.74) is 0. The Labute approximate surface area is 101 Å². The van der Waals surface area contributed by atoms with Crippen LogP contribution in [0.5, 0.6) is 0 Å². The molecule has 0 N–H and O–H groups in total. The monoisotopic (exact) mass is 253 g/mol. The van der Waals surface area contributed by atoms with Crippen LogP contribution in [0.4, 0.5) is 13.2 Å². The van der Waals surface area contributed by atoms with E-state index in [-0.39, 0.29) is 0 Å². The fourth-order valence-corrected chi connectivity index (χ4v) is 1.71. The zero-order valence-electron chi connectivity index (χ0n) is 10.8. The quantitative estimate of drug-likeness (QED) is 0.678. The van der Waals surface area contributed by atoms with Gasteiger partial charge in [-0.05, 0) is 12.3 Å².